The quantitative estimate of drug-likeness (QED) is 0.211. The van der Waals surface area contributed by atoms with Gasteiger partial charge in [0.25, 0.3) is 0 Å². The first kappa shape index (κ1) is 25.8. The Morgan fingerprint density at radius 1 is 0.395 bits per heavy atom. The monoisotopic (exact) mass is 553 g/mol. The minimum Gasteiger partial charge on any atom is -0.310 e. The molecule has 6 aromatic rings. The summed E-state index contributed by atoms with van der Waals surface area (Å²) in [6.07, 6.45) is 0. The molecule has 208 valence electrons. The van der Waals surface area contributed by atoms with Crippen LogP contribution in [0, 0.1) is 0 Å². The second kappa shape index (κ2) is 9.31. The van der Waals surface area contributed by atoms with Crippen molar-refractivity contribution in [3.8, 4) is 33.4 Å². The SMILES string of the molecule is CC1(C)c2ccccc2N(c2ccc(-c3ccccc3)cc2)c2ccc(-c3cccc4c3-c3ccccc3C4(C)C)cc21. The van der Waals surface area contributed by atoms with E-state index >= 15 is 0 Å². The maximum atomic E-state index is 2.46. The summed E-state index contributed by atoms with van der Waals surface area (Å²) in [5, 5.41) is 0. The van der Waals surface area contributed by atoms with Gasteiger partial charge in [0.05, 0.1) is 11.4 Å². The number of hydrogen-bond donors (Lipinski definition) is 0. The molecule has 0 radical (unpaired) electrons. The zero-order chi connectivity index (χ0) is 29.3. The third kappa shape index (κ3) is 3.78. The standard InChI is InChI=1S/C42H35N/c1-41(2)34-17-9-8-15-33(34)40-32(16-12-19-36(40)41)30-23-26-39-37(27-30)42(3,4)35-18-10-11-20-38(35)43(39)31-24-21-29(22-25-31)28-13-6-5-7-14-28/h5-27H,1-4H3. The van der Waals surface area contributed by atoms with Gasteiger partial charge < -0.3 is 4.90 Å². The highest BCUT2D eigenvalue weighted by molar-refractivity contribution is 5.94. The lowest BCUT2D eigenvalue weighted by Gasteiger charge is -2.42. The molecule has 0 amide bonds. The lowest BCUT2D eigenvalue weighted by molar-refractivity contribution is 0.632. The number of benzene rings is 6. The lowest BCUT2D eigenvalue weighted by Crippen LogP contribution is -2.30. The van der Waals surface area contributed by atoms with E-state index in [-0.39, 0.29) is 10.8 Å². The Balaban J connectivity index is 1.30. The average molecular weight is 554 g/mol. The van der Waals surface area contributed by atoms with Crippen molar-refractivity contribution in [1.82, 2.24) is 0 Å². The summed E-state index contributed by atoms with van der Waals surface area (Å²) in [5.41, 5.74) is 16.8. The van der Waals surface area contributed by atoms with E-state index in [0.717, 1.165) is 0 Å². The van der Waals surface area contributed by atoms with Gasteiger partial charge in [-0.1, -0.05) is 137 Å². The number of para-hydroxylation sites is 1. The molecule has 2 aliphatic rings. The van der Waals surface area contributed by atoms with E-state index in [1.807, 2.05) is 0 Å². The summed E-state index contributed by atoms with van der Waals surface area (Å²) in [5.74, 6) is 0. The molecule has 43 heavy (non-hydrogen) atoms. The third-order valence-corrected chi connectivity index (χ3v) is 9.88. The van der Waals surface area contributed by atoms with E-state index in [1.54, 1.807) is 0 Å². The van der Waals surface area contributed by atoms with E-state index in [1.165, 1.54) is 72.7 Å². The molecule has 0 fully saturated rings. The van der Waals surface area contributed by atoms with Crippen LogP contribution < -0.4 is 4.90 Å². The van der Waals surface area contributed by atoms with Crippen LogP contribution in [-0.2, 0) is 10.8 Å². The van der Waals surface area contributed by atoms with Crippen molar-refractivity contribution in [3.63, 3.8) is 0 Å². The van der Waals surface area contributed by atoms with Crippen LogP contribution in [0.15, 0.2) is 140 Å². The summed E-state index contributed by atoms with van der Waals surface area (Å²) in [6.45, 7) is 9.46. The molecule has 0 N–H and O–H groups in total. The number of hydrogen-bond acceptors (Lipinski definition) is 1. The van der Waals surface area contributed by atoms with Gasteiger partial charge in [0.15, 0.2) is 0 Å². The molecule has 6 aromatic carbocycles. The Bertz CT molecular complexity index is 2010. The van der Waals surface area contributed by atoms with Crippen molar-refractivity contribution in [3.05, 3.63) is 162 Å². The van der Waals surface area contributed by atoms with Crippen LogP contribution in [0.1, 0.15) is 49.9 Å². The van der Waals surface area contributed by atoms with Crippen molar-refractivity contribution >= 4 is 17.1 Å². The van der Waals surface area contributed by atoms with E-state index in [9.17, 15) is 0 Å². The molecule has 0 spiro atoms. The Kier molecular flexibility index (Phi) is 5.59. The van der Waals surface area contributed by atoms with Crippen molar-refractivity contribution in [2.45, 2.75) is 38.5 Å². The molecule has 0 atom stereocenters. The minimum absolute atomic E-state index is 0.0168. The Morgan fingerprint density at radius 3 is 1.74 bits per heavy atom. The number of rotatable bonds is 3. The molecular formula is C42H35N. The molecule has 0 saturated heterocycles. The zero-order valence-corrected chi connectivity index (χ0v) is 25.2. The Morgan fingerprint density at radius 2 is 0.953 bits per heavy atom. The second-order valence-corrected chi connectivity index (χ2v) is 13.0. The molecule has 0 saturated carbocycles. The van der Waals surface area contributed by atoms with Gasteiger partial charge in [0.2, 0.25) is 0 Å². The van der Waals surface area contributed by atoms with Crippen LogP contribution in [0.3, 0.4) is 0 Å². The Hall–Kier alpha value is -4.88. The lowest BCUT2D eigenvalue weighted by atomic mass is 9.72. The van der Waals surface area contributed by atoms with Gasteiger partial charge in [0, 0.05) is 16.5 Å². The molecule has 1 heteroatoms. The third-order valence-electron chi connectivity index (χ3n) is 9.88. The van der Waals surface area contributed by atoms with Crippen LogP contribution in [0.2, 0.25) is 0 Å². The number of fused-ring (bicyclic) bond motifs is 5. The predicted octanol–water partition coefficient (Wildman–Crippen LogP) is 11.4. The van der Waals surface area contributed by atoms with Gasteiger partial charge in [-0.05, 0) is 86.0 Å². The first-order chi connectivity index (χ1) is 20.9. The summed E-state index contributed by atoms with van der Waals surface area (Å²) >= 11 is 0. The maximum Gasteiger partial charge on any atom is 0.0503 e. The van der Waals surface area contributed by atoms with Crippen LogP contribution in [0.25, 0.3) is 33.4 Å². The summed E-state index contributed by atoms with van der Waals surface area (Å²) in [6, 6.07) is 51.5. The van der Waals surface area contributed by atoms with Crippen molar-refractivity contribution in [2.75, 3.05) is 4.90 Å². The molecule has 1 aliphatic carbocycles. The second-order valence-electron chi connectivity index (χ2n) is 13.0. The smallest absolute Gasteiger partial charge is 0.0503 e. The summed E-state index contributed by atoms with van der Waals surface area (Å²) in [7, 11) is 0. The fraction of sp³-hybridized carbons (Fsp3) is 0.143. The van der Waals surface area contributed by atoms with Crippen LogP contribution in [-0.4, -0.2) is 0 Å². The van der Waals surface area contributed by atoms with Crippen molar-refractivity contribution in [2.24, 2.45) is 0 Å². The van der Waals surface area contributed by atoms with E-state index in [0.29, 0.717) is 0 Å². The first-order valence-corrected chi connectivity index (χ1v) is 15.3. The largest absolute Gasteiger partial charge is 0.310 e. The summed E-state index contributed by atoms with van der Waals surface area (Å²) < 4.78 is 0. The predicted molar refractivity (Wildman–Crippen MR) is 182 cm³/mol. The molecule has 0 bridgehead atoms. The van der Waals surface area contributed by atoms with Crippen LogP contribution in [0.4, 0.5) is 17.1 Å². The fourth-order valence-corrected chi connectivity index (χ4v) is 7.58. The number of anilines is 3. The highest BCUT2D eigenvalue weighted by atomic mass is 15.2. The van der Waals surface area contributed by atoms with Crippen molar-refractivity contribution < 1.29 is 0 Å². The van der Waals surface area contributed by atoms with Gasteiger partial charge in [0.1, 0.15) is 0 Å². The molecule has 1 aliphatic heterocycles. The van der Waals surface area contributed by atoms with Gasteiger partial charge >= 0.3 is 0 Å². The zero-order valence-electron chi connectivity index (χ0n) is 25.2. The molecule has 1 nitrogen and oxygen atoms in total. The molecular weight excluding hydrogens is 518 g/mol. The van der Waals surface area contributed by atoms with Gasteiger partial charge in [-0.2, -0.15) is 0 Å². The van der Waals surface area contributed by atoms with E-state index < -0.39 is 0 Å². The minimum atomic E-state index is -0.155. The average Bonchev–Trinajstić information content (AvgIpc) is 3.28. The Labute approximate surface area is 255 Å². The normalized spacial score (nSPS) is 15.3. The van der Waals surface area contributed by atoms with Gasteiger partial charge in [-0.3, -0.25) is 0 Å². The molecule has 0 aromatic heterocycles. The van der Waals surface area contributed by atoms with Crippen molar-refractivity contribution in [1.29, 1.82) is 0 Å². The first-order valence-electron chi connectivity index (χ1n) is 15.3. The maximum absolute atomic E-state index is 2.46. The van der Waals surface area contributed by atoms with Gasteiger partial charge in [-0.15, -0.1) is 0 Å². The van der Waals surface area contributed by atoms with E-state index in [4.69, 9.17) is 0 Å². The van der Waals surface area contributed by atoms with Crippen LogP contribution >= 0.6 is 0 Å². The summed E-state index contributed by atoms with van der Waals surface area (Å²) in [4.78, 5) is 2.45. The van der Waals surface area contributed by atoms with Gasteiger partial charge in [-0.25, -0.2) is 0 Å². The topological polar surface area (TPSA) is 3.24 Å². The molecule has 8 rings (SSSR count). The molecule has 1 heterocycles. The van der Waals surface area contributed by atoms with E-state index in [2.05, 4.69) is 172 Å². The highest BCUT2D eigenvalue weighted by Crippen LogP contribution is 2.55. The number of nitrogens with zero attached hydrogens (tertiary/aromatic N) is 1. The van der Waals surface area contributed by atoms with Crippen LogP contribution in [0.5, 0.6) is 0 Å². The highest BCUT2D eigenvalue weighted by Gasteiger charge is 2.39. The molecule has 0 unspecified atom stereocenters. The fourth-order valence-electron chi connectivity index (χ4n) is 7.58.